The summed E-state index contributed by atoms with van der Waals surface area (Å²) < 4.78 is 7.32. The van der Waals surface area contributed by atoms with E-state index in [1.165, 1.54) is 0 Å². The summed E-state index contributed by atoms with van der Waals surface area (Å²) in [5, 5.41) is 0.727. The number of hydrogen-bond acceptors (Lipinski definition) is 6. The molecule has 1 aromatic carbocycles. The molecule has 0 bridgehead atoms. The highest BCUT2D eigenvalue weighted by Gasteiger charge is 2.29. The van der Waals surface area contributed by atoms with Gasteiger partial charge in [-0.25, -0.2) is 9.78 Å². The Bertz CT molecular complexity index is 1140. The van der Waals surface area contributed by atoms with Crippen LogP contribution in [0.1, 0.15) is 20.8 Å². The summed E-state index contributed by atoms with van der Waals surface area (Å²) >= 11 is 18.9. The van der Waals surface area contributed by atoms with Gasteiger partial charge in [-0.3, -0.25) is 4.57 Å². The molecular formula is C20H21Cl3N6O2. The highest BCUT2D eigenvalue weighted by Crippen LogP contribution is 2.34. The molecule has 164 valence electrons. The van der Waals surface area contributed by atoms with E-state index in [1.807, 2.05) is 43.5 Å². The van der Waals surface area contributed by atoms with E-state index < -0.39 is 5.60 Å². The van der Waals surface area contributed by atoms with Crippen molar-refractivity contribution in [1.29, 1.82) is 0 Å². The molecule has 0 spiro atoms. The van der Waals surface area contributed by atoms with Gasteiger partial charge in [-0.2, -0.15) is 9.97 Å². The van der Waals surface area contributed by atoms with Gasteiger partial charge in [0.15, 0.2) is 10.8 Å². The van der Waals surface area contributed by atoms with Gasteiger partial charge in [-0.15, -0.1) is 0 Å². The van der Waals surface area contributed by atoms with Gasteiger partial charge in [0.25, 0.3) is 0 Å². The van der Waals surface area contributed by atoms with E-state index in [0.717, 1.165) is 0 Å². The number of carbonyl (C=O) groups is 1. The summed E-state index contributed by atoms with van der Waals surface area (Å²) in [4.78, 5) is 29.1. The topological polar surface area (TPSA) is 76.4 Å². The summed E-state index contributed by atoms with van der Waals surface area (Å²) in [6.07, 6.45) is -0.326. The van der Waals surface area contributed by atoms with Crippen molar-refractivity contribution >= 4 is 58.0 Å². The molecule has 3 heterocycles. The Balaban J connectivity index is 1.70. The van der Waals surface area contributed by atoms with Gasteiger partial charge in [-0.05, 0) is 44.5 Å². The summed E-state index contributed by atoms with van der Waals surface area (Å²) in [5.41, 5.74) is 1.04. The van der Waals surface area contributed by atoms with Gasteiger partial charge in [-0.1, -0.05) is 35.3 Å². The first-order valence-corrected chi connectivity index (χ1v) is 10.9. The Morgan fingerprint density at radius 1 is 1.00 bits per heavy atom. The Morgan fingerprint density at radius 2 is 1.68 bits per heavy atom. The third kappa shape index (κ3) is 4.51. The lowest BCUT2D eigenvalue weighted by molar-refractivity contribution is 0.0240. The predicted molar refractivity (Wildman–Crippen MR) is 122 cm³/mol. The molecule has 0 atom stereocenters. The van der Waals surface area contributed by atoms with Crippen molar-refractivity contribution in [3.63, 3.8) is 0 Å². The smallest absolute Gasteiger partial charge is 0.410 e. The number of aromatic nitrogens is 4. The average Bonchev–Trinajstić information content (AvgIpc) is 3.06. The maximum atomic E-state index is 12.4. The number of hydrogen-bond donors (Lipinski definition) is 0. The summed E-state index contributed by atoms with van der Waals surface area (Å²) in [6.45, 7) is 7.62. The molecule has 3 aromatic rings. The molecule has 1 aliphatic heterocycles. The summed E-state index contributed by atoms with van der Waals surface area (Å²) in [5.74, 6) is 0.602. The first-order chi connectivity index (χ1) is 14.6. The Labute approximate surface area is 194 Å². The van der Waals surface area contributed by atoms with Crippen molar-refractivity contribution in [2.75, 3.05) is 31.1 Å². The minimum Gasteiger partial charge on any atom is -0.444 e. The molecule has 0 saturated carbocycles. The number of fused-ring (bicyclic) bond motifs is 1. The number of rotatable bonds is 2. The molecule has 0 N–H and O–H groups in total. The van der Waals surface area contributed by atoms with Crippen molar-refractivity contribution in [3.8, 4) is 5.69 Å². The predicted octanol–water partition coefficient (Wildman–Crippen LogP) is 4.83. The molecule has 2 aromatic heterocycles. The third-order valence-corrected chi connectivity index (χ3v) is 5.49. The quantitative estimate of drug-likeness (QED) is 0.384. The molecule has 0 aliphatic carbocycles. The Kier molecular flexibility index (Phi) is 5.89. The molecule has 31 heavy (non-hydrogen) atoms. The maximum Gasteiger partial charge on any atom is 0.410 e. The minimum absolute atomic E-state index is 0.0163. The fourth-order valence-corrected chi connectivity index (χ4v) is 4.07. The molecule has 1 fully saturated rings. The molecule has 0 radical (unpaired) electrons. The number of halogens is 3. The van der Waals surface area contributed by atoms with Crippen LogP contribution in [-0.2, 0) is 4.74 Å². The number of anilines is 1. The minimum atomic E-state index is -0.541. The number of ether oxygens (including phenoxy) is 1. The monoisotopic (exact) mass is 482 g/mol. The number of nitrogens with zero attached hydrogens (tertiary/aromatic N) is 6. The van der Waals surface area contributed by atoms with Crippen LogP contribution in [0.5, 0.6) is 0 Å². The van der Waals surface area contributed by atoms with Crippen LogP contribution < -0.4 is 4.90 Å². The van der Waals surface area contributed by atoms with Gasteiger partial charge in [0.2, 0.25) is 11.2 Å². The largest absolute Gasteiger partial charge is 0.444 e. The van der Waals surface area contributed by atoms with E-state index >= 15 is 0 Å². The van der Waals surface area contributed by atoms with E-state index in [9.17, 15) is 4.79 Å². The van der Waals surface area contributed by atoms with Gasteiger partial charge < -0.3 is 14.5 Å². The van der Waals surface area contributed by atoms with E-state index in [4.69, 9.17) is 39.5 Å². The van der Waals surface area contributed by atoms with Gasteiger partial charge in [0, 0.05) is 26.2 Å². The van der Waals surface area contributed by atoms with Crippen molar-refractivity contribution in [2.45, 2.75) is 26.4 Å². The molecule has 8 nitrogen and oxygen atoms in total. The first kappa shape index (κ1) is 21.9. The second-order valence-corrected chi connectivity index (χ2v) is 9.21. The molecule has 1 amide bonds. The maximum absolute atomic E-state index is 12.4. The van der Waals surface area contributed by atoms with Crippen molar-refractivity contribution in [3.05, 3.63) is 39.7 Å². The fraction of sp³-hybridized carbons (Fsp3) is 0.400. The number of piperazine rings is 1. The third-order valence-electron chi connectivity index (χ3n) is 4.73. The van der Waals surface area contributed by atoms with Gasteiger partial charge in [0.05, 0.1) is 10.7 Å². The molecule has 0 unspecified atom stereocenters. The SMILES string of the molecule is CC(C)(C)OC(=O)N1CCN(c2nc3nc(Cl)nc(Cl)c3n2-c2ccccc2Cl)CC1. The van der Waals surface area contributed by atoms with Crippen molar-refractivity contribution in [1.82, 2.24) is 24.4 Å². The summed E-state index contributed by atoms with van der Waals surface area (Å²) in [6, 6.07) is 7.38. The molecular weight excluding hydrogens is 463 g/mol. The van der Waals surface area contributed by atoms with Crippen LogP contribution in [0.4, 0.5) is 10.7 Å². The lowest BCUT2D eigenvalue weighted by Gasteiger charge is -2.36. The highest BCUT2D eigenvalue weighted by atomic mass is 35.5. The van der Waals surface area contributed by atoms with Crippen LogP contribution in [0, 0.1) is 0 Å². The lowest BCUT2D eigenvalue weighted by Crippen LogP contribution is -2.50. The number of benzene rings is 1. The lowest BCUT2D eigenvalue weighted by atomic mass is 10.2. The van der Waals surface area contributed by atoms with Crippen LogP contribution >= 0.6 is 34.8 Å². The average molecular weight is 484 g/mol. The van der Waals surface area contributed by atoms with Crippen LogP contribution in [0.25, 0.3) is 16.9 Å². The van der Waals surface area contributed by atoms with Gasteiger partial charge >= 0.3 is 6.09 Å². The van der Waals surface area contributed by atoms with E-state index in [0.29, 0.717) is 54.0 Å². The zero-order chi connectivity index (χ0) is 22.3. The second-order valence-electron chi connectivity index (χ2n) is 8.11. The van der Waals surface area contributed by atoms with Gasteiger partial charge in [0.1, 0.15) is 11.1 Å². The number of para-hydroxylation sites is 1. The van der Waals surface area contributed by atoms with Crippen LogP contribution in [0.2, 0.25) is 15.5 Å². The van der Waals surface area contributed by atoms with Crippen molar-refractivity contribution in [2.24, 2.45) is 0 Å². The zero-order valence-electron chi connectivity index (χ0n) is 17.3. The van der Waals surface area contributed by atoms with Crippen LogP contribution in [0.15, 0.2) is 24.3 Å². The normalized spacial score (nSPS) is 14.9. The van der Waals surface area contributed by atoms with Crippen LogP contribution in [-0.4, -0.2) is 62.3 Å². The van der Waals surface area contributed by atoms with E-state index in [1.54, 1.807) is 11.0 Å². The van der Waals surface area contributed by atoms with E-state index in [2.05, 4.69) is 19.9 Å². The zero-order valence-corrected chi connectivity index (χ0v) is 19.5. The first-order valence-electron chi connectivity index (χ1n) is 9.73. The van der Waals surface area contributed by atoms with E-state index in [-0.39, 0.29) is 16.5 Å². The molecule has 1 aliphatic rings. The number of carbonyl (C=O) groups excluding carboxylic acids is 1. The fourth-order valence-electron chi connectivity index (χ4n) is 3.40. The highest BCUT2D eigenvalue weighted by molar-refractivity contribution is 6.36. The van der Waals surface area contributed by atoms with Crippen molar-refractivity contribution < 1.29 is 9.53 Å². The molecule has 1 saturated heterocycles. The Morgan fingerprint density at radius 3 is 2.32 bits per heavy atom. The number of amides is 1. The Hall–Kier alpha value is -2.29. The van der Waals surface area contributed by atoms with Crippen LogP contribution in [0.3, 0.4) is 0 Å². The second kappa shape index (κ2) is 8.33. The summed E-state index contributed by atoms with van der Waals surface area (Å²) in [7, 11) is 0. The number of imidazole rings is 1. The molecule has 4 rings (SSSR count). The molecule has 11 heteroatoms. The standard InChI is InChI=1S/C20H21Cl3N6O2/c1-20(2,3)31-19(30)28-10-8-27(9-11-28)18-26-16-14(15(22)24-17(23)25-16)29(18)13-7-5-4-6-12(13)21/h4-7H,8-11H2,1-3H3.